The molecule has 3 aliphatic rings. The first-order chi connectivity index (χ1) is 10.7. The fraction of sp³-hybridized carbons (Fsp3) is 0.529. The van der Waals surface area contributed by atoms with Crippen LogP contribution < -0.4 is 10.6 Å². The summed E-state index contributed by atoms with van der Waals surface area (Å²) >= 11 is 0. The third-order valence-electron chi connectivity index (χ3n) is 5.72. The van der Waals surface area contributed by atoms with Crippen molar-refractivity contribution in [3.05, 3.63) is 35.9 Å². The van der Waals surface area contributed by atoms with E-state index in [9.17, 15) is 4.79 Å². The van der Waals surface area contributed by atoms with E-state index in [4.69, 9.17) is 0 Å². The number of pyridine rings is 1. The van der Waals surface area contributed by atoms with Gasteiger partial charge in [0.15, 0.2) is 0 Å². The molecule has 1 aliphatic heterocycles. The number of nitrogens with one attached hydrogen (secondary N) is 2. The number of nitrogens with zero attached hydrogens (tertiary/aromatic N) is 2. The normalized spacial score (nSPS) is 31.0. The summed E-state index contributed by atoms with van der Waals surface area (Å²) in [5.74, 6) is 2.58. The highest BCUT2D eigenvalue weighted by Crippen LogP contribution is 2.51. The molecule has 2 saturated carbocycles. The molecule has 22 heavy (non-hydrogen) atoms. The summed E-state index contributed by atoms with van der Waals surface area (Å²) in [6.45, 7) is 4.10. The molecule has 1 amide bonds. The van der Waals surface area contributed by atoms with Crippen molar-refractivity contribution in [2.45, 2.75) is 25.3 Å². The number of fused-ring (bicyclic) bond motifs is 2. The molecule has 0 spiro atoms. The van der Waals surface area contributed by atoms with Crippen LogP contribution in [0.25, 0.3) is 5.52 Å². The molecule has 5 heteroatoms. The van der Waals surface area contributed by atoms with Crippen molar-refractivity contribution in [1.82, 2.24) is 20.0 Å². The number of carbonyl (C=O) groups is 1. The Bertz CT molecular complexity index is 766. The summed E-state index contributed by atoms with van der Waals surface area (Å²) in [7, 11) is 0. The Labute approximate surface area is 129 Å². The minimum absolute atomic E-state index is 0.228. The van der Waals surface area contributed by atoms with Crippen LogP contribution in [0, 0.1) is 24.7 Å². The van der Waals surface area contributed by atoms with E-state index >= 15 is 0 Å². The highest BCUT2D eigenvalue weighted by Gasteiger charge is 2.59. The lowest BCUT2D eigenvalue weighted by Gasteiger charge is -2.17. The number of carbonyl (C=O) groups excluding carboxylic acids is 1. The fourth-order valence-corrected chi connectivity index (χ4v) is 4.17. The SMILES string of the molecule is Cc1cccn2c(C3(NC(=O)[C@H]4[C@@H]5CNC[C@@H]54)CC3)ncc12. The summed E-state index contributed by atoms with van der Waals surface area (Å²) in [5.41, 5.74) is 2.11. The zero-order valence-electron chi connectivity index (χ0n) is 12.7. The number of amides is 1. The molecule has 1 saturated heterocycles. The van der Waals surface area contributed by atoms with E-state index in [0.717, 1.165) is 37.3 Å². The summed E-state index contributed by atoms with van der Waals surface area (Å²) < 4.78 is 2.14. The van der Waals surface area contributed by atoms with Gasteiger partial charge in [0.05, 0.1) is 17.3 Å². The molecule has 3 heterocycles. The van der Waals surface area contributed by atoms with Crippen LogP contribution in [0.4, 0.5) is 0 Å². The lowest BCUT2D eigenvalue weighted by molar-refractivity contribution is -0.124. The van der Waals surface area contributed by atoms with Crippen LogP contribution in [-0.2, 0) is 10.3 Å². The summed E-state index contributed by atoms with van der Waals surface area (Å²) in [6.07, 6.45) is 5.96. The van der Waals surface area contributed by atoms with Gasteiger partial charge in [0.25, 0.3) is 0 Å². The maximum absolute atomic E-state index is 12.6. The standard InChI is InChI=1S/C17H20N4O/c1-10-3-2-6-21-13(10)9-19-16(21)17(4-5-17)20-15(22)14-11-7-18-8-12(11)14/h2-3,6,9,11-12,14,18H,4-5,7-8H2,1H3,(H,20,22)/t11-,12+,14+. The van der Waals surface area contributed by atoms with E-state index in [1.165, 1.54) is 5.56 Å². The predicted molar refractivity (Wildman–Crippen MR) is 82.3 cm³/mol. The summed E-state index contributed by atoms with van der Waals surface area (Å²) in [6, 6.07) is 4.14. The van der Waals surface area contributed by atoms with Gasteiger partial charge in [0.2, 0.25) is 5.91 Å². The molecule has 0 aromatic carbocycles. The van der Waals surface area contributed by atoms with E-state index < -0.39 is 0 Å². The van der Waals surface area contributed by atoms with E-state index in [1.807, 2.05) is 18.5 Å². The third-order valence-corrected chi connectivity index (χ3v) is 5.72. The van der Waals surface area contributed by atoms with Gasteiger partial charge in [0, 0.05) is 12.1 Å². The molecule has 0 bridgehead atoms. The average molecular weight is 296 g/mol. The lowest BCUT2D eigenvalue weighted by atomic mass is 10.2. The number of piperidine rings is 1. The minimum Gasteiger partial charge on any atom is -0.343 e. The zero-order chi connectivity index (χ0) is 14.9. The molecule has 3 atom stereocenters. The predicted octanol–water partition coefficient (Wildman–Crippen LogP) is 1.21. The molecule has 2 aromatic heterocycles. The van der Waals surface area contributed by atoms with Gasteiger partial charge in [-0.2, -0.15) is 0 Å². The Morgan fingerprint density at radius 3 is 2.91 bits per heavy atom. The largest absolute Gasteiger partial charge is 0.343 e. The van der Waals surface area contributed by atoms with Crippen molar-refractivity contribution < 1.29 is 4.79 Å². The van der Waals surface area contributed by atoms with Crippen LogP contribution in [-0.4, -0.2) is 28.4 Å². The number of aryl methyl sites for hydroxylation is 1. The van der Waals surface area contributed by atoms with Crippen LogP contribution in [0.1, 0.15) is 24.2 Å². The van der Waals surface area contributed by atoms with Crippen LogP contribution in [0.5, 0.6) is 0 Å². The van der Waals surface area contributed by atoms with Crippen molar-refractivity contribution in [1.29, 1.82) is 0 Å². The van der Waals surface area contributed by atoms with Gasteiger partial charge in [-0.05, 0) is 56.3 Å². The van der Waals surface area contributed by atoms with Crippen molar-refractivity contribution in [2.24, 2.45) is 17.8 Å². The Hall–Kier alpha value is -1.88. The Kier molecular flexibility index (Phi) is 2.36. The second-order valence-electron chi connectivity index (χ2n) is 7.11. The van der Waals surface area contributed by atoms with Gasteiger partial charge < -0.3 is 15.0 Å². The first-order valence-electron chi connectivity index (χ1n) is 8.15. The average Bonchev–Trinajstić information content (AvgIpc) is 3.30. The quantitative estimate of drug-likeness (QED) is 0.895. The maximum atomic E-state index is 12.6. The molecule has 114 valence electrons. The van der Waals surface area contributed by atoms with Gasteiger partial charge in [-0.3, -0.25) is 4.79 Å². The van der Waals surface area contributed by atoms with E-state index in [0.29, 0.717) is 11.8 Å². The monoisotopic (exact) mass is 296 g/mol. The lowest BCUT2D eigenvalue weighted by Crippen LogP contribution is -2.39. The molecule has 0 unspecified atom stereocenters. The van der Waals surface area contributed by atoms with Crippen LogP contribution >= 0.6 is 0 Å². The number of hydrogen-bond acceptors (Lipinski definition) is 3. The fourth-order valence-electron chi connectivity index (χ4n) is 4.17. The number of hydrogen-bond donors (Lipinski definition) is 2. The second kappa shape index (κ2) is 4.10. The molecule has 5 rings (SSSR count). The van der Waals surface area contributed by atoms with Crippen LogP contribution in [0.3, 0.4) is 0 Å². The number of rotatable bonds is 3. The van der Waals surface area contributed by atoms with Crippen molar-refractivity contribution in [3.63, 3.8) is 0 Å². The van der Waals surface area contributed by atoms with Gasteiger partial charge in [0.1, 0.15) is 5.82 Å². The first kappa shape index (κ1) is 12.6. The molecule has 2 aliphatic carbocycles. The highest BCUT2D eigenvalue weighted by atomic mass is 16.2. The van der Waals surface area contributed by atoms with Gasteiger partial charge in [-0.15, -0.1) is 0 Å². The molecule has 2 aromatic rings. The van der Waals surface area contributed by atoms with Crippen molar-refractivity contribution >= 4 is 11.4 Å². The Balaban J connectivity index is 1.44. The smallest absolute Gasteiger partial charge is 0.224 e. The molecule has 0 radical (unpaired) electrons. The second-order valence-corrected chi connectivity index (χ2v) is 7.11. The summed E-state index contributed by atoms with van der Waals surface area (Å²) in [5, 5.41) is 6.67. The van der Waals surface area contributed by atoms with E-state index in [-0.39, 0.29) is 17.4 Å². The topological polar surface area (TPSA) is 58.4 Å². The van der Waals surface area contributed by atoms with Crippen molar-refractivity contribution in [3.8, 4) is 0 Å². The Morgan fingerprint density at radius 1 is 1.41 bits per heavy atom. The number of aromatic nitrogens is 2. The van der Waals surface area contributed by atoms with Gasteiger partial charge in [-0.25, -0.2) is 4.98 Å². The summed E-state index contributed by atoms with van der Waals surface area (Å²) in [4.78, 5) is 17.2. The molecule has 3 fully saturated rings. The van der Waals surface area contributed by atoms with E-state index in [2.05, 4.69) is 33.0 Å². The number of imidazole rings is 1. The van der Waals surface area contributed by atoms with Crippen LogP contribution in [0.2, 0.25) is 0 Å². The van der Waals surface area contributed by atoms with Gasteiger partial charge >= 0.3 is 0 Å². The molecule has 2 N–H and O–H groups in total. The molecular weight excluding hydrogens is 276 g/mol. The molecule has 5 nitrogen and oxygen atoms in total. The highest BCUT2D eigenvalue weighted by molar-refractivity contribution is 5.83. The van der Waals surface area contributed by atoms with Crippen molar-refractivity contribution in [2.75, 3.05) is 13.1 Å². The minimum atomic E-state index is -0.235. The van der Waals surface area contributed by atoms with E-state index in [1.54, 1.807) is 0 Å². The molecular formula is C17H20N4O. The third kappa shape index (κ3) is 1.63. The van der Waals surface area contributed by atoms with Crippen LogP contribution in [0.15, 0.2) is 24.5 Å². The zero-order valence-corrected chi connectivity index (χ0v) is 12.7. The maximum Gasteiger partial charge on any atom is 0.224 e. The van der Waals surface area contributed by atoms with Gasteiger partial charge in [-0.1, -0.05) is 6.07 Å². The first-order valence-corrected chi connectivity index (χ1v) is 8.15. The Morgan fingerprint density at radius 2 is 2.18 bits per heavy atom.